The maximum absolute atomic E-state index is 11.8. The van der Waals surface area contributed by atoms with Crippen LogP contribution in [0.1, 0.15) is 31.4 Å². The first-order valence-electron chi connectivity index (χ1n) is 7.88. The van der Waals surface area contributed by atoms with Crippen LogP contribution in [0.15, 0.2) is 48.5 Å². The summed E-state index contributed by atoms with van der Waals surface area (Å²) in [5.74, 6) is 0.889. The fraction of sp³-hybridized carbons (Fsp3) is 0.316. The lowest BCUT2D eigenvalue weighted by Crippen LogP contribution is -2.26. The highest BCUT2D eigenvalue weighted by molar-refractivity contribution is 5.76. The molecule has 122 valence electrons. The maximum Gasteiger partial charge on any atom is 0.220 e. The SMILES string of the molecule is COc1ccccc1-c1ccc(C(C)NC(=O)CCCN)cc1. The molecule has 0 aromatic heterocycles. The number of methoxy groups -OCH3 is 1. The number of nitrogens with two attached hydrogens (primary N) is 1. The van der Waals surface area contributed by atoms with Gasteiger partial charge in [-0.1, -0.05) is 42.5 Å². The second-order valence-corrected chi connectivity index (χ2v) is 5.50. The number of hydrogen-bond donors (Lipinski definition) is 2. The molecule has 0 aliphatic carbocycles. The van der Waals surface area contributed by atoms with E-state index in [1.54, 1.807) is 7.11 Å². The highest BCUT2D eigenvalue weighted by Gasteiger charge is 2.10. The Bertz CT molecular complexity index is 638. The van der Waals surface area contributed by atoms with E-state index in [9.17, 15) is 4.79 Å². The first-order chi connectivity index (χ1) is 11.2. The molecule has 2 aromatic carbocycles. The number of para-hydroxylation sites is 1. The van der Waals surface area contributed by atoms with Crippen LogP contribution in [-0.2, 0) is 4.79 Å². The first kappa shape index (κ1) is 17.0. The van der Waals surface area contributed by atoms with Crippen molar-refractivity contribution in [3.63, 3.8) is 0 Å². The van der Waals surface area contributed by atoms with E-state index in [0.717, 1.165) is 22.4 Å². The van der Waals surface area contributed by atoms with E-state index in [1.165, 1.54) is 0 Å². The second-order valence-electron chi connectivity index (χ2n) is 5.50. The van der Waals surface area contributed by atoms with Crippen molar-refractivity contribution in [3.8, 4) is 16.9 Å². The van der Waals surface area contributed by atoms with E-state index in [2.05, 4.69) is 17.4 Å². The lowest BCUT2D eigenvalue weighted by molar-refractivity contribution is -0.121. The monoisotopic (exact) mass is 312 g/mol. The molecular weight excluding hydrogens is 288 g/mol. The lowest BCUT2D eigenvalue weighted by atomic mass is 10.0. The molecule has 3 N–H and O–H groups in total. The van der Waals surface area contributed by atoms with Gasteiger partial charge in [0.1, 0.15) is 5.75 Å². The molecule has 4 nitrogen and oxygen atoms in total. The standard InChI is InChI=1S/C19H24N2O2/c1-14(21-19(22)8-5-13-20)15-9-11-16(12-10-15)17-6-3-4-7-18(17)23-2/h3-4,6-7,9-12,14H,5,8,13,20H2,1-2H3,(H,21,22). The van der Waals surface area contributed by atoms with E-state index in [0.29, 0.717) is 19.4 Å². The quantitative estimate of drug-likeness (QED) is 0.824. The molecular formula is C19H24N2O2. The summed E-state index contributed by atoms with van der Waals surface area (Å²) in [5, 5.41) is 2.99. The summed E-state index contributed by atoms with van der Waals surface area (Å²) in [6.45, 7) is 2.52. The average molecular weight is 312 g/mol. The summed E-state index contributed by atoms with van der Waals surface area (Å²) < 4.78 is 5.40. The smallest absolute Gasteiger partial charge is 0.220 e. The summed E-state index contributed by atoms with van der Waals surface area (Å²) >= 11 is 0. The predicted molar refractivity (Wildman–Crippen MR) is 93.3 cm³/mol. The van der Waals surface area contributed by atoms with Gasteiger partial charge in [-0.05, 0) is 37.1 Å². The minimum atomic E-state index is -0.0213. The molecule has 2 rings (SSSR count). The van der Waals surface area contributed by atoms with E-state index in [4.69, 9.17) is 10.5 Å². The fourth-order valence-corrected chi connectivity index (χ4v) is 2.49. The van der Waals surface area contributed by atoms with Crippen molar-refractivity contribution in [3.05, 3.63) is 54.1 Å². The summed E-state index contributed by atoms with van der Waals surface area (Å²) in [6, 6.07) is 16.1. The molecule has 0 heterocycles. The Balaban J connectivity index is 2.08. The maximum atomic E-state index is 11.8. The zero-order valence-corrected chi connectivity index (χ0v) is 13.7. The molecule has 0 radical (unpaired) electrons. The van der Waals surface area contributed by atoms with Crippen LogP contribution in [0, 0.1) is 0 Å². The first-order valence-corrected chi connectivity index (χ1v) is 7.88. The molecule has 0 saturated carbocycles. The number of rotatable bonds is 7. The summed E-state index contributed by atoms with van der Waals surface area (Å²) in [4.78, 5) is 11.8. The molecule has 1 amide bonds. The van der Waals surface area contributed by atoms with Gasteiger partial charge < -0.3 is 15.8 Å². The molecule has 1 atom stereocenters. The number of carbonyl (C=O) groups is 1. The van der Waals surface area contributed by atoms with Gasteiger partial charge in [0.15, 0.2) is 0 Å². The number of amides is 1. The Morgan fingerprint density at radius 1 is 1.17 bits per heavy atom. The van der Waals surface area contributed by atoms with Crippen LogP contribution in [0.5, 0.6) is 5.75 Å². The Morgan fingerprint density at radius 2 is 1.87 bits per heavy atom. The van der Waals surface area contributed by atoms with E-state index in [1.807, 2.05) is 43.3 Å². The van der Waals surface area contributed by atoms with Gasteiger partial charge in [0, 0.05) is 12.0 Å². The van der Waals surface area contributed by atoms with Gasteiger partial charge in [-0.2, -0.15) is 0 Å². The minimum absolute atomic E-state index is 0.0213. The van der Waals surface area contributed by atoms with Crippen molar-refractivity contribution in [2.75, 3.05) is 13.7 Å². The third-order valence-electron chi connectivity index (χ3n) is 3.81. The van der Waals surface area contributed by atoms with Crippen LogP contribution in [0.25, 0.3) is 11.1 Å². The Hall–Kier alpha value is -2.33. The molecule has 0 spiro atoms. The zero-order chi connectivity index (χ0) is 16.7. The van der Waals surface area contributed by atoms with Crippen molar-refractivity contribution >= 4 is 5.91 Å². The highest BCUT2D eigenvalue weighted by atomic mass is 16.5. The van der Waals surface area contributed by atoms with Gasteiger partial charge in [-0.3, -0.25) is 4.79 Å². The topological polar surface area (TPSA) is 64.3 Å². The number of ether oxygens (including phenoxy) is 1. The molecule has 0 saturated heterocycles. The largest absolute Gasteiger partial charge is 0.496 e. The van der Waals surface area contributed by atoms with Gasteiger partial charge in [-0.25, -0.2) is 0 Å². The molecule has 1 unspecified atom stereocenters. The Kier molecular flexibility index (Phi) is 6.18. The molecule has 2 aromatic rings. The summed E-state index contributed by atoms with van der Waals surface area (Å²) in [5.41, 5.74) is 8.65. The van der Waals surface area contributed by atoms with Crippen LogP contribution in [0.3, 0.4) is 0 Å². The minimum Gasteiger partial charge on any atom is -0.496 e. The van der Waals surface area contributed by atoms with Crippen molar-refractivity contribution in [2.45, 2.75) is 25.8 Å². The van der Waals surface area contributed by atoms with Gasteiger partial charge in [-0.15, -0.1) is 0 Å². The molecule has 4 heteroatoms. The van der Waals surface area contributed by atoms with Gasteiger partial charge >= 0.3 is 0 Å². The number of benzene rings is 2. The molecule has 0 aliphatic rings. The van der Waals surface area contributed by atoms with Crippen LogP contribution in [-0.4, -0.2) is 19.6 Å². The summed E-state index contributed by atoms with van der Waals surface area (Å²) in [6.07, 6.45) is 1.19. The average Bonchev–Trinajstić information content (AvgIpc) is 2.60. The van der Waals surface area contributed by atoms with Crippen LogP contribution < -0.4 is 15.8 Å². The number of carbonyl (C=O) groups excluding carboxylic acids is 1. The normalized spacial score (nSPS) is 11.8. The number of hydrogen-bond acceptors (Lipinski definition) is 3. The van der Waals surface area contributed by atoms with Crippen molar-refractivity contribution < 1.29 is 9.53 Å². The van der Waals surface area contributed by atoms with Gasteiger partial charge in [0.2, 0.25) is 5.91 Å². The van der Waals surface area contributed by atoms with Crippen LogP contribution >= 0.6 is 0 Å². The van der Waals surface area contributed by atoms with E-state index in [-0.39, 0.29) is 11.9 Å². The lowest BCUT2D eigenvalue weighted by Gasteiger charge is -2.15. The van der Waals surface area contributed by atoms with Crippen molar-refractivity contribution in [1.82, 2.24) is 5.32 Å². The third kappa shape index (κ3) is 4.57. The highest BCUT2D eigenvalue weighted by Crippen LogP contribution is 2.30. The van der Waals surface area contributed by atoms with Gasteiger partial charge in [0.25, 0.3) is 0 Å². The molecule has 23 heavy (non-hydrogen) atoms. The second kappa shape index (κ2) is 8.34. The zero-order valence-electron chi connectivity index (χ0n) is 13.7. The van der Waals surface area contributed by atoms with E-state index >= 15 is 0 Å². The fourth-order valence-electron chi connectivity index (χ4n) is 2.49. The predicted octanol–water partition coefficient (Wildman–Crippen LogP) is 3.28. The molecule has 0 aliphatic heterocycles. The summed E-state index contributed by atoms with van der Waals surface area (Å²) in [7, 11) is 1.67. The number of nitrogens with one attached hydrogen (secondary N) is 1. The van der Waals surface area contributed by atoms with Crippen LogP contribution in [0.2, 0.25) is 0 Å². The van der Waals surface area contributed by atoms with Gasteiger partial charge in [0.05, 0.1) is 13.2 Å². The van der Waals surface area contributed by atoms with Crippen molar-refractivity contribution in [1.29, 1.82) is 0 Å². The van der Waals surface area contributed by atoms with Crippen molar-refractivity contribution in [2.24, 2.45) is 5.73 Å². The Morgan fingerprint density at radius 3 is 2.52 bits per heavy atom. The molecule has 0 fully saturated rings. The Labute approximate surface area is 137 Å². The molecule has 0 bridgehead atoms. The third-order valence-corrected chi connectivity index (χ3v) is 3.81. The van der Waals surface area contributed by atoms with E-state index < -0.39 is 0 Å². The van der Waals surface area contributed by atoms with Crippen LogP contribution in [0.4, 0.5) is 0 Å².